The lowest BCUT2D eigenvalue weighted by Crippen LogP contribution is -2.55. The average molecular weight is 406 g/mol. The number of nitrogens with one attached hydrogen (secondary N) is 1. The number of carbonyl (C=O) groups is 3. The molecule has 0 spiro atoms. The lowest BCUT2D eigenvalue weighted by Gasteiger charge is -2.30. The fourth-order valence-electron chi connectivity index (χ4n) is 3.34. The lowest BCUT2D eigenvalue weighted by molar-refractivity contribution is -0.152. The summed E-state index contributed by atoms with van der Waals surface area (Å²) in [5, 5.41) is 15.5. The Morgan fingerprint density at radius 2 is 1.90 bits per heavy atom. The summed E-state index contributed by atoms with van der Waals surface area (Å²) in [6.45, 7) is 6.29. The molecule has 8 heteroatoms. The van der Waals surface area contributed by atoms with Crippen LogP contribution in [0.3, 0.4) is 0 Å². The number of carboxylic acid groups (broad SMARTS) is 1. The summed E-state index contributed by atoms with van der Waals surface area (Å²) in [5.41, 5.74) is 1.13. The van der Waals surface area contributed by atoms with Crippen LogP contribution in [-0.2, 0) is 19.2 Å². The van der Waals surface area contributed by atoms with Crippen LogP contribution in [0, 0.1) is 5.92 Å². The van der Waals surface area contributed by atoms with E-state index in [4.69, 9.17) is 9.94 Å². The number of ketones is 1. The standard InChI is InChI=1S/C21H27FN2O5/c1-12(2)14-7-5-6-8-15(14)17-10-21(13(3)4,29-24-17)20(28)23-16(9-19(26)27)18(25)11-22/h5-8,12-13,16H,9-11H2,1-4H3,(H,23,28)(H,26,27)/t16-,21+/m0/s1. The number of nitrogens with zero attached hydrogens (tertiary/aromatic N) is 1. The van der Waals surface area contributed by atoms with Crippen LogP contribution in [0.4, 0.5) is 4.39 Å². The minimum atomic E-state index is -1.46. The number of alkyl halides is 1. The maximum Gasteiger partial charge on any atom is 0.305 e. The molecular weight excluding hydrogens is 379 g/mol. The van der Waals surface area contributed by atoms with Crippen molar-refractivity contribution in [3.05, 3.63) is 35.4 Å². The van der Waals surface area contributed by atoms with Crippen LogP contribution < -0.4 is 5.32 Å². The maximum absolute atomic E-state index is 13.0. The molecule has 158 valence electrons. The van der Waals surface area contributed by atoms with E-state index in [0.29, 0.717) is 5.71 Å². The van der Waals surface area contributed by atoms with Crippen molar-refractivity contribution in [2.45, 2.75) is 58.1 Å². The van der Waals surface area contributed by atoms with Crippen molar-refractivity contribution in [1.82, 2.24) is 5.32 Å². The molecule has 0 unspecified atom stereocenters. The first-order valence-corrected chi connectivity index (χ1v) is 9.58. The molecule has 1 amide bonds. The second kappa shape index (κ2) is 9.15. The molecule has 7 nitrogen and oxygen atoms in total. The van der Waals surface area contributed by atoms with Gasteiger partial charge < -0.3 is 15.3 Å². The highest BCUT2D eigenvalue weighted by Gasteiger charge is 2.50. The van der Waals surface area contributed by atoms with Gasteiger partial charge in [-0.1, -0.05) is 57.1 Å². The Morgan fingerprint density at radius 1 is 1.24 bits per heavy atom. The number of aliphatic carboxylic acids is 1. The van der Waals surface area contributed by atoms with E-state index < -0.39 is 42.4 Å². The van der Waals surface area contributed by atoms with E-state index in [1.807, 2.05) is 24.3 Å². The summed E-state index contributed by atoms with van der Waals surface area (Å²) in [6, 6.07) is 6.24. The normalized spacial score (nSPS) is 19.6. The van der Waals surface area contributed by atoms with Crippen molar-refractivity contribution in [3.8, 4) is 0 Å². The van der Waals surface area contributed by atoms with Gasteiger partial charge in [0.05, 0.1) is 12.1 Å². The highest BCUT2D eigenvalue weighted by atomic mass is 19.1. The van der Waals surface area contributed by atoms with Crippen molar-refractivity contribution in [1.29, 1.82) is 0 Å². The van der Waals surface area contributed by atoms with Gasteiger partial charge in [0.15, 0.2) is 5.78 Å². The molecule has 0 bridgehead atoms. The van der Waals surface area contributed by atoms with Gasteiger partial charge in [-0.05, 0) is 11.5 Å². The fraction of sp³-hybridized carbons (Fsp3) is 0.524. The maximum atomic E-state index is 13.0. The van der Waals surface area contributed by atoms with Crippen molar-refractivity contribution in [3.63, 3.8) is 0 Å². The van der Waals surface area contributed by atoms with Crippen LogP contribution in [0.1, 0.15) is 57.6 Å². The van der Waals surface area contributed by atoms with Crippen molar-refractivity contribution in [2.75, 3.05) is 6.67 Å². The molecule has 1 heterocycles. The predicted octanol–water partition coefficient (Wildman–Crippen LogP) is 2.83. The highest BCUT2D eigenvalue weighted by molar-refractivity contribution is 6.07. The lowest BCUT2D eigenvalue weighted by atomic mass is 9.82. The summed E-state index contributed by atoms with van der Waals surface area (Å²) in [5.74, 6) is -3.09. The van der Waals surface area contributed by atoms with Crippen LogP contribution in [0.25, 0.3) is 0 Å². The third-order valence-corrected chi connectivity index (χ3v) is 5.16. The predicted molar refractivity (Wildman–Crippen MR) is 106 cm³/mol. The molecule has 29 heavy (non-hydrogen) atoms. The summed E-state index contributed by atoms with van der Waals surface area (Å²) >= 11 is 0. The number of carbonyl (C=O) groups excluding carboxylic acids is 2. The van der Waals surface area contributed by atoms with Crippen LogP contribution in [0.2, 0.25) is 0 Å². The number of benzene rings is 1. The van der Waals surface area contributed by atoms with E-state index in [2.05, 4.69) is 24.3 Å². The largest absolute Gasteiger partial charge is 0.481 e. The fourth-order valence-corrected chi connectivity index (χ4v) is 3.34. The zero-order valence-electron chi connectivity index (χ0n) is 17.1. The number of oxime groups is 1. The van der Waals surface area contributed by atoms with Crippen molar-refractivity contribution in [2.24, 2.45) is 11.1 Å². The number of rotatable bonds is 9. The van der Waals surface area contributed by atoms with Gasteiger partial charge in [-0.3, -0.25) is 14.4 Å². The number of hydrogen-bond donors (Lipinski definition) is 2. The van der Waals surface area contributed by atoms with Gasteiger partial charge in [-0.25, -0.2) is 4.39 Å². The average Bonchev–Trinajstić information content (AvgIpc) is 3.13. The van der Waals surface area contributed by atoms with Crippen LogP contribution >= 0.6 is 0 Å². The van der Waals surface area contributed by atoms with E-state index >= 15 is 0 Å². The molecule has 2 rings (SSSR count). The summed E-state index contributed by atoms with van der Waals surface area (Å²) in [7, 11) is 0. The quantitative estimate of drug-likeness (QED) is 0.656. The smallest absolute Gasteiger partial charge is 0.305 e. The summed E-state index contributed by atoms with van der Waals surface area (Å²) < 4.78 is 12.8. The molecule has 1 aromatic carbocycles. The molecule has 2 N–H and O–H groups in total. The minimum absolute atomic E-state index is 0.157. The Labute approximate surface area is 169 Å². The van der Waals surface area contributed by atoms with E-state index in [0.717, 1.165) is 11.1 Å². The van der Waals surface area contributed by atoms with Gasteiger partial charge >= 0.3 is 5.97 Å². The molecule has 2 atom stereocenters. The molecule has 0 aliphatic carbocycles. The molecule has 0 saturated heterocycles. The first-order chi connectivity index (χ1) is 13.6. The Morgan fingerprint density at radius 3 is 2.45 bits per heavy atom. The van der Waals surface area contributed by atoms with E-state index in [9.17, 15) is 18.8 Å². The molecular formula is C21H27FN2O5. The Bertz CT molecular complexity index is 821. The van der Waals surface area contributed by atoms with E-state index in [1.165, 1.54) is 0 Å². The molecule has 1 aliphatic rings. The first-order valence-electron chi connectivity index (χ1n) is 9.58. The SMILES string of the molecule is CC(C)c1ccccc1C1=NO[C@@](C(=O)N[C@@H](CC(=O)O)C(=O)CF)(C(C)C)C1. The van der Waals surface area contributed by atoms with Crippen LogP contribution in [0.15, 0.2) is 29.4 Å². The topological polar surface area (TPSA) is 105 Å². The second-order valence-electron chi connectivity index (χ2n) is 7.82. The number of amides is 1. The Kier molecular flexibility index (Phi) is 7.11. The second-order valence-corrected chi connectivity index (χ2v) is 7.82. The first kappa shape index (κ1) is 22.5. The highest BCUT2D eigenvalue weighted by Crippen LogP contribution is 2.35. The Hall–Kier alpha value is -2.77. The van der Waals surface area contributed by atoms with Crippen LogP contribution in [0.5, 0.6) is 0 Å². The molecule has 0 radical (unpaired) electrons. The number of hydrogen-bond acceptors (Lipinski definition) is 5. The van der Waals surface area contributed by atoms with Gasteiger partial charge in [-0.2, -0.15) is 0 Å². The van der Waals surface area contributed by atoms with Gasteiger partial charge in [0.25, 0.3) is 5.91 Å². The van der Waals surface area contributed by atoms with Gasteiger partial charge in [-0.15, -0.1) is 0 Å². The molecule has 1 aromatic rings. The van der Waals surface area contributed by atoms with E-state index in [1.54, 1.807) is 13.8 Å². The monoisotopic (exact) mass is 406 g/mol. The molecule has 0 fully saturated rings. The Balaban J connectivity index is 2.29. The van der Waals surface area contributed by atoms with E-state index in [-0.39, 0.29) is 18.3 Å². The summed E-state index contributed by atoms with van der Waals surface area (Å²) in [4.78, 5) is 41.4. The zero-order chi connectivity index (χ0) is 21.8. The van der Waals surface area contributed by atoms with Crippen LogP contribution in [-0.4, -0.2) is 46.8 Å². The molecule has 1 aliphatic heterocycles. The minimum Gasteiger partial charge on any atom is -0.481 e. The van der Waals surface area contributed by atoms with Crippen molar-refractivity contribution >= 4 is 23.4 Å². The third kappa shape index (κ3) is 4.81. The van der Waals surface area contributed by atoms with Gasteiger partial charge in [0.2, 0.25) is 5.60 Å². The van der Waals surface area contributed by atoms with Gasteiger partial charge in [0.1, 0.15) is 12.7 Å². The molecule has 0 aromatic heterocycles. The number of carboxylic acids is 1. The third-order valence-electron chi connectivity index (χ3n) is 5.16. The van der Waals surface area contributed by atoms with Gasteiger partial charge in [0, 0.05) is 17.9 Å². The summed E-state index contributed by atoms with van der Waals surface area (Å²) in [6.07, 6.45) is -0.545. The van der Waals surface area contributed by atoms with Crippen molar-refractivity contribution < 1.29 is 28.7 Å². The molecule has 0 saturated carbocycles. The zero-order valence-corrected chi connectivity index (χ0v) is 17.1. The number of halogens is 1. The number of Topliss-reactive ketones (excluding diaryl/α,β-unsaturated/α-hetero) is 1.